The van der Waals surface area contributed by atoms with E-state index >= 15 is 0 Å². The van der Waals surface area contributed by atoms with Crippen LogP contribution in [0.1, 0.15) is 30.6 Å². The minimum atomic E-state index is 0.708. The second kappa shape index (κ2) is 5.91. The second-order valence-corrected chi connectivity index (χ2v) is 7.09. The number of thiophene rings is 1. The van der Waals surface area contributed by atoms with E-state index in [1.807, 2.05) is 5.38 Å². The molecule has 2 aliphatic rings. The van der Waals surface area contributed by atoms with E-state index in [0.29, 0.717) is 6.04 Å². The van der Waals surface area contributed by atoms with Gasteiger partial charge in [0.1, 0.15) is 0 Å². The molecule has 100 valence electrons. The third-order valence-corrected chi connectivity index (χ3v) is 5.12. The fourth-order valence-electron chi connectivity index (χ4n) is 2.75. The smallest absolute Gasteiger partial charge is 0.0516 e. The SMILES string of the molecule is Clc1csc(CN(CC2CC2)CC2CCCN2)c1. The molecule has 0 bridgehead atoms. The van der Waals surface area contributed by atoms with Crippen LogP contribution in [0, 0.1) is 5.92 Å². The van der Waals surface area contributed by atoms with Gasteiger partial charge in [-0.1, -0.05) is 11.6 Å². The van der Waals surface area contributed by atoms with Crippen LogP contribution in [-0.4, -0.2) is 30.6 Å². The summed E-state index contributed by atoms with van der Waals surface area (Å²) in [6.45, 7) is 4.75. The Labute approximate surface area is 118 Å². The van der Waals surface area contributed by atoms with Crippen LogP contribution in [0.25, 0.3) is 0 Å². The number of hydrogen-bond acceptors (Lipinski definition) is 3. The summed E-state index contributed by atoms with van der Waals surface area (Å²) in [5.41, 5.74) is 0. The van der Waals surface area contributed by atoms with Crippen LogP contribution < -0.4 is 5.32 Å². The molecule has 1 aliphatic carbocycles. The van der Waals surface area contributed by atoms with E-state index in [9.17, 15) is 0 Å². The average molecular weight is 285 g/mol. The monoisotopic (exact) mass is 284 g/mol. The molecule has 1 atom stereocenters. The molecule has 1 aromatic rings. The molecule has 2 heterocycles. The van der Waals surface area contributed by atoms with Gasteiger partial charge in [0.2, 0.25) is 0 Å². The van der Waals surface area contributed by atoms with E-state index in [4.69, 9.17) is 11.6 Å². The summed E-state index contributed by atoms with van der Waals surface area (Å²) in [5.74, 6) is 0.960. The quantitative estimate of drug-likeness (QED) is 0.862. The van der Waals surface area contributed by atoms with Crippen molar-refractivity contribution in [1.29, 1.82) is 0 Å². The molecule has 0 aromatic carbocycles. The molecular formula is C14H21ClN2S. The van der Waals surface area contributed by atoms with Gasteiger partial charge >= 0.3 is 0 Å². The van der Waals surface area contributed by atoms with Crippen molar-refractivity contribution in [2.24, 2.45) is 5.92 Å². The predicted molar refractivity (Wildman–Crippen MR) is 78.4 cm³/mol. The first-order valence-electron chi connectivity index (χ1n) is 6.98. The Hall–Kier alpha value is -0.0900. The van der Waals surface area contributed by atoms with Crippen LogP contribution in [0.15, 0.2) is 11.4 Å². The molecule has 1 aromatic heterocycles. The normalized spacial score (nSPS) is 24.0. The van der Waals surface area contributed by atoms with Crippen LogP contribution in [0.3, 0.4) is 0 Å². The molecule has 1 N–H and O–H groups in total. The molecule has 0 radical (unpaired) electrons. The standard InChI is InChI=1S/C14H21ClN2S/c15-12-6-14(18-10-12)9-17(7-11-3-4-11)8-13-2-1-5-16-13/h6,10-11,13,16H,1-5,7-9H2. The summed E-state index contributed by atoms with van der Waals surface area (Å²) in [6, 6.07) is 2.83. The predicted octanol–water partition coefficient (Wildman–Crippen LogP) is 3.37. The van der Waals surface area contributed by atoms with E-state index in [2.05, 4.69) is 16.3 Å². The van der Waals surface area contributed by atoms with Crippen molar-refractivity contribution < 1.29 is 0 Å². The van der Waals surface area contributed by atoms with Gasteiger partial charge in [-0.3, -0.25) is 4.90 Å². The summed E-state index contributed by atoms with van der Waals surface area (Å²) >= 11 is 7.80. The van der Waals surface area contributed by atoms with Gasteiger partial charge < -0.3 is 5.32 Å². The Balaban J connectivity index is 1.57. The fraction of sp³-hybridized carbons (Fsp3) is 0.714. The van der Waals surface area contributed by atoms with Crippen molar-refractivity contribution in [2.75, 3.05) is 19.6 Å². The Morgan fingerprint density at radius 2 is 2.22 bits per heavy atom. The zero-order valence-corrected chi connectivity index (χ0v) is 12.3. The van der Waals surface area contributed by atoms with Crippen molar-refractivity contribution in [2.45, 2.75) is 38.3 Å². The average Bonchev–Trinajstić information content (AvgIpc) is 2.84. The number of nitrogens with one attached hydrogen (secondary N) is 1. The first-order chi connectivity index (χ1) is 8.79. The maximum absolute atomic E-state index is 6.01. The maximum Gasteiger partial charge on any atom is 0.0516 e. The number of rotatable bonds is 6. The Morgan fingerprint density at radius 3 is 2.83 bits per heavy atom. The van der Waals surface area contributed by atoms with Crippen LogP contribution in [0.2, 0.25) is 5.02 Å². The molecule has 4 heteroatoms. The molecule has 1 saturated carbocycles. The number of hydrogen-bond donors (Lipinski definition) is 1. The second-order valence-electron chi connectivity index (χ2n) is 5.66. The molecule has 3 rings (SSSR count). The van der Waals surface area contributed by atoms with Gasteiger partial charge in [-0.05, 0) is 44.2 Å². The van der Waals surface area contributed by atoms with Crippen molar-refractivity contribution in [3.8, 4) is 0 Å². The number of nitrogens with zero attached hydrogens (tertiary/aromatic N) is 1. The van der Waals surface area contributed by atoms with E-state index < -0.39 is 0 Å². The Morgan fingerprint density at radius 1 is 1.33 bits per heavy atom. The lowest BCUT2D eigenvalue weighted by molar-refractivity contribution is 0.233. The lowest BCUT2D eigenvalue weighted by atomic mass is 10.2. The van der Waals surface area contributed by atoms with Gasteiger partial charge in [0, 0.05) is 35.9 Å². The van der Waals surface area contributed by atoms with Gasteiger partial charge in [0.05, 0.1) is 5.02 Å². The molecular weight excluding hydrogens is 264 g/mol. The number of halogens is 1. The van der Waals surface area contributed by atoms with Crippen LogP contribution in [0.4, 0.5) is 0 Å². The lowest BCUT2D eigenvalue weighted by Crippen LogP contribution is -2.38. The summed E-state index contributed by atoms with van der Waals surface area (Å²) < 4.78 is 0. The Bertz CT molecular complexity index is 383. The lowest BCUT2D eigenvalue weighted by Gasteiger charge is -2.25. The van der Waals surface area contributed by atoms with Gasteiger partial charge in [-0.2, -0.15) is 0 Å². The molecule has 1 unspecified atom stereocenters. The molecule has 18 heavy (non-hydrogen) atoms. The molecule has 1 saturated heterocycles. The van der Waals surface area contributed by atoms with Gasteiger partial charge in [-0.15, -0.1) is 11.3 Å². The highest BCUT2D eigenvalue weighted by Crippen LogP contribution is 2.31. The zero-order chi connectivity index (χ0) is 12.4. The summed E-state index contributed by atoms with van der Waals surface area (Å²) in [7, 11) is 0. The molecule has 0 spiro atoms. The van der Waals surface area contributed by atoms with Crippen LogP contribution in [0.5, 0.6) is 0 Å². The minimum absolute atomic E-state index is 0.708. The van der Waals surface area contributed by atoms with Crippen LogP contribution >= 0.6 is 22.9 Å². The van der Waals surface area contributed by atoms with Gasteiger partial charge in [0.15, 0.2) is 0 Å². The topological polar surface area (TPSA) is 15.3 Å². The molecule has 0 amide bonds. The van der Waals surface area contributed by atoms with Crippen molar-refractivity contribution in [3.63, 3.8) is 0 Å². The van der Waals surface area contributed by atoms with E-state index in [-0.39, 0.29) is 0 Å². The molecule has 1 aliphatic heterocycles. The first-order valence-corrected chi connectivity index (χ1v) is 8.24. The first kappa shape index (κ1) is 12.9. The molecule has 2 fully saturated rings. The minimum Gasteiger partial charge on any atom is -0.313 e. The van der Waals surface area contributed by atoms with Crippen molar-refractivity contribution in [3.05, 3.63) is 21.3 Å². The summed E-state index contributed by atoms with van der Waals surface area (Å²) in [6.07, 6.45) is 5.54. The maximum atomic E-state index is 6.01. The third kappa shape index (κ3) is 3.70. The highest BCUT2D eigenvalue weighted by atomic mass is 35.5. The van der Waals surface area contributed by atoms with Gasteiger partial charge in [-0.25, -0.2) is 0 Å². The highest BCUT2D eigenvalue weighted by molar-refractivity contribution is 7.10. The summed E-state index contributed by atoms with van der Waals surface area (Å²) in [4.78, 5) is 4.03. The van der Waals surface area contributed by atoms with Crippen LogP contribution in [-0.2, 0) is 6.54 Å². The summed E-state index contributed by atoms with van der Waals surface area (Å²) in [5, 5.41) is 6.54. The molecule has 2 nitrogen and oxygen atoms in total. The third-order valence-electron chi connectivity index (χ3n) is 3.86. The van der Waals surface area contributed by atoms with Crippen molar-refractivity contribution >= 4 is 22.9 Å². The highest BCUT2D eigenvalue weighted by Gasteiger charge is 2.26. The van der Waals surface area contributed by atoms with Gasteiger partial charge in [0.25, 0.3) is 0 Å². The zero-order valence-electron chi connectivity index (χ0n) is 10.7. The van der Waals surface area contributed by atoms with E-state index in [1.54, 1.807) is 11.3 Å². The largest absolute Gasteiger partial charge is 0.313 e. The van der Waals surface area contributed by atoms with E-state index in [1.165, 1.54) is 50.2 Å². The fourth-order valence-corrected chi connectivity index (χ4v) is 3.86. The van der Waals surface area contributed by atoms with E-state index in [0.717, 1.165) is 17.5 Å². The van der Waals surface area contributed by atoms with Crippen molar-refractivity contribution in [1.82, 2.24) is 10.2 Å². The Kier molecular flexibility index (Phi) is 4.24.